The minimum absolute atomic E-state index is 0.0883. The number of hydrogen-bond donors (Lipinski definition) is 1. The molecule has 25 heavy (non-hydrogen) atoms. The van der Waals surface area contributed by atoms with Gasteiger partial charge < -0.3 is 10.2 Å². The first-order chi connectivity index (χ1) is 12.0. The van der Waals surface area contributed by atoms with Crippen LogP contribution in [0.2, 0.25) is 0 Å². The van der Waals surface area contributed by atoms with Gasteiger partial charge >= 0.3 is 0 Å². The van der Waals surface area contributed by atoms with Crippen LogP contribution in [0.5, 0.6) is 0 Å². The lowest BCUT2D eigenvalue weighted by Gasteiger charge is -2.39. The summed E-state index contributed by atoms with van der Waals surface area (Å²) in [6.45, 7) is 5.71. The number of hydrogen-bond acceptors (Lipinski definition) is 5. The van der Waals surface area contributed by atoms with E-state index in [0.29, 0.717) is 32.0 Å². The van der Waals surface area contributed by atoms with E-state index in [1.54, 1.807) is 23.3 Å². The monoisotopic (exact) mass is 342 g/mol. The molecule has 8 nitrogen and oxygen atoms in total. The summed E-state index contributed by atoms with van der Waals surface area (Å²) in [5, 5.41) is 10.8. The number of aromatic nitrogens is 4. The molecule has 3 heterocycles. The molecule has 1 N–H and O–H groups in total. The Bertz CT molecular complexity index is 737. The number of carbonyl (C=O) groups is 2. The molecule has 1 aliphatic rings. The largest absolute Gasteiger partial charge is 0.347 e. The Hall–Kier alpha value is -2.77. The molecule has 2 amide bonds. The maximum atomic E-state index is 12.1. The van der Waals surface area contributed by atoms with Gasteiger partial charge in [-0.1, -0.05) is 19.1 Å². The van der Waals surface area contributed by atoms with E-state index in [1.165, 1.54) is 0 Å². The molecule has 0 spiro atoms. The summed E-state index contributed by atoms with van der Waals surface area (Å²) < 4.78 is 1.67. The predicted octanol–water partition coefficient (Wildman–Crippen LogP) is 1.03. The zero-order chi connectivity index (χ0) is 17.8. The zero-order valence-corrected chi connectivity index (χ0v) is 14.4. The number of pyridine rings is 1. The first kappa shape index (κ1) is 17.1. The summed E-state index contributed by atoms with van der Waals surface area (Å²) in [6, 6.07) is 3.77. The highest BCUT2D eigenvalue weighted by atomic mass is 16.2. The molecule has 1 saturated heterocycles. The van der Waals surface area contributed by atoms with Crippen LogP contribution in [0.1, 0.15) is 42.4 Å². The van der Waals surface area contributed by atoms with Crippen molar-refractivity contribution in [1.82, 2.24) is 30.2 Å². The number of carbonyl (C=O) groups excluding carboxylic acids is 2. The van der Waals surface area contributed by atoms with Gasteiger partial charge in [0.15, 0.2) is 5.69 Å². The van der Waals surface area contributed by atoms with Crippen molar-refractivity contribution in [2.45, 2.75) is 32.9 Å². The van der Waals surface area contributed by atoms with Crippen molar-refractivity contribution in [3.8, 4) is 0 Å². The molecule has 1 fully saturated rings. The average Bonchev–Trinajstić information content (AvgIpc) is 3.01. The van der Waals surface area contributed by atoms with Crippen LogP contribution < -0.4 is 5.32 Å². The topological polar surface area (TPSA) is 93.0 Å². The summed E-state index contributed by atoms with van der Waals surface area (Å²) in [5.41, 5.74) is 1.25. The minimum atomic E-state index is -0.268. The van der Waals surface area contributed by atoms with E-state index in [1.807, 2.05) is 30.9 Å². The van der Waals surface area contributed by atoms with Gasteiger partial charge in [0.1, 0.15) is 0 Å². The summed E-state index contributed by atoms with van der Waals surface area (Å²) in [4.78, 5) is 29.9. The van der Waals surface area contributed by atoms with Gasteiger partial charge in [0.05, 0.1) is 12.2 Å². The lowest BCUT2D eigenvalue weighted by molar-refractivity contribution is -0.138. The van der Waals surface area contributed by atoms with E-state index in [0.717, 1.165) is 5.56 Å². The highest BCUT2D eigenvalue weighted by molar-refractivity contribution is 5.91. The van der Waals surface area contributed by atoms with E-state index in [4.69, 9.17) is 0 Å². The molecule has 1 aliphatic heterocycles. The average molecular weight is 342 g/mol. The number of nitrogens with zero attached hydrogens (tertiary/aromatic N) is 5. The molecule has 0 radical (unpaired) electrons. The molecule has 2 aromatic rings. The third-order valence-electron chi connectivity index (χ3n) is 4.12. The van der Waals surface area contributed by atoms with Crippen LogP contribution >= 0.6 is 0 Å². The summed E-state index contributed by atoms with van der Waals surface area (Å²) in [5.74, 6) is 0.255. The van der Waals surface area contributed by atoms with Gasteiger partial charge in [0.25, 0.3) is 5.91 Å². The molecule has 2 aromatic heterocycles. The minimum Gasteiger partial charge on any atom is -0.347 e. The lowest BCUT2D eigenvalue weighted by atomic mass is 10.1. The first-order valence-corrected chi connectivity index (χ1v) is 8.39. The van der Waals surface area contributed by atoms with Gasteiger partial charge in [0, 0.05) is 38.4 Å². The molecule has 8 heteroatoms. The number of amides is 2. The van der Waals surface area contributed by atoms with E-state index < -0.39 is 0 Å². The lowest BCUT2D eigenvalue weighted by Crippen LogP contribution is -2.51. The van der Waals surface area contributed by atoms with E-state index in [2.05, 4.69) is 20.6 Å². The van der Waals surface area contributed by atoms with E-state index in [-0.39, 0.29) is 23.6 Å². The van der Waals surface area contributed by atoms with Gasteiger partial charge in [-0.05, 0) is 23.6 Å². The highest BCUT2D eigenvalue weighted by Crippen LogP contribution is 2.22. The number of nitrogens with one attached hydrogen (secondary N) is 1. The second-order valence-electron chi connectivity index (χ2n) is 6.67. The Kier molecular flexibility index (Phi) is 5.06. The van der Waals surface area contributed by atoms with Crippen LogP contribution in [0.15, 0.2) is 30.7 Å². The molecule has 0 unspecified atom stereocenters. The summed E-state index contributed by atoms with van der Waals surface area (Å²) >= 11 is 0. The van der Waals surface area contributed by atoms with Crippen molar-refractivity contribution in [2.75, 3.05) is 13.1 Å². The first-order valence-electron chi connectivity index (χ1n) is 8.39. The summed E-state index contributed by atoms with van der Waals surface area (Å²) in [6.07, 6.45) is 5.56. The van der Waals surface area contributed by atoms with Crippen LogP contribution in [0, 0.1) is 5.92 Å². The fraction of sp³-hybridized carbons (Fsp3) is 0.471. The Morgan fingerprint density at radius 2 is 2.00 bits per heavy atom. The molecule has 0 atom stereocenters. The SMILES string of the molecule is CC(C)CC(=O)N1CC(n2cc(C(=O)NCc3ccncc3)nn2)C1. The van der Waals surface area contributed by atoms with Crippen molar-refractivity contribution in [2.24, 2.45) is 5.92 Å². The van der Waals surface area contributed by atoms with E-state index in [9.17, 15) is 9.59 Å². The van der Waals surface area contributed by atoms with Crippen LogP contribution in [-0.4, -0.2) is 49.8 Å². The van der Waals surface area contributed by atoms with Gasteiger partial charge in [-0.15, -0.1) is 5.10 Å². The van der Waals surface area contributed by atoms with Crippen molar-refractivity contribution in [3.63, 3.8) is 0 Å². The molecule has 3 rings (SSSR count). The molecule has 0 aliphatic carbocycles. The molecular formula is C17H22N6O2. The van der Waals surface area contributed by atoms with Crippen molar-refractivity contribution in [1.29, 1.82) is 0 Å². The van der Waals surface area contributed by atoms with Crippen LogP contribution in [0.4, 0.5) is 0 Å². The molecular weight excluding hydrogens is 320 g/mol. The second kappa shape index (κ2) is 7.42. The number of rotatable bonds is 6. The van der Waals surface area contributed by atoms with Crippen molar-refractivity contribution < 1.29 is 9.59 Å². The standard InChI is InChI=1S/C17H22N6O2/c1-12(2)7-16(24)22-9-14(10-22)23-11-15(20-21-23)17(25)19-8-13-3-5-18-6-4-13/h3-6,11-12,14H,7-10H2,1-2H3,(H,19,25). The zero-order valence-electron chi connectivity index (χ0n) is 14.4. The maximum absolute atomic E-state index is 12.1. The smallest absolute Gasteiger partial charge is 0.273 e. The third kappa shape index (κ3) is 4.20. The maximum Gasteiger partial charge on any atom is 0.273 e. The summed E-state index contributed by atoms with van der Waals surface area (Å²) in [7, 11) is 0. The molecule has 132 valence electrons. The fourth-order valence-corrected chi connectivity index (χ4v) is 2.64. The van der Waals surface area contributed by atoms with Crippen LogP contribution in [0.3, 0.4) is 0 Å². The van der Waals surface area contributed by atoms with Crippen LogP contribution in [0.25, 0.3) is 0 Å². The third-order valence-corrected chi connectivity index (χ3v) is 4.12. The highest BCUT2D eigenvalue weighted by Gasteiger charge is 2.33. The molecule has 0 saturated carbocycles. The fourth-order valence-electron chi connectivity index (χ4n) is 2.64. The van der Waals surface area contributed by atoms with Crippen molar-refractivity contribution in [3.05, 3.63) is 42.0 Å². The Balaban J connectivity index is 1.50. The van der Waals surface area contributed by atoms with Crippen molar-refractivity contribution >= 4 is 11.8 Å². The van der Waals surface area contributed by atoms with Gasteiger partial charge in [-0.25, -0.2) is 4.68 Å². The van der Waals surface area contributed by atoms with E-state index >= 15 is 0 Å². The normalized spacial score (nSPS) is 14.4. The predicted molar refractivity (Wildman–Crippen MR) is 90.5 cm³/mol. The quantitative estimate of drug-likeness (QED) is 0.846. The second-order valence-corrected chi connectivity index (χ2v) is 6.67. The number of likely N-dealkylation sites (tertiary alicyclic amines) is 1. The molecule has 0 aromatic carbocycles. The Morgan fingerprint density at radius 3 is 2.68 bits per heavy atom. The van der Waals surface area contributed by atoms with Gasteiger partial charge in [-0.2, -0.15) is 0 Å². The van der Waals surface area contributed by atoms with Crippen LogP contribution in [-0.2, 0) is 11.3 Å². The van der Waals surface area contributed by atoms with Gasteiger partial charge in [-0.3, -0.25) is 14.6 Å². The van der Waals surface area contributed by atoms with Gasteiger partial charge in [0.2, 0.25) is 5.91 Å². The Labute approximate surface area is 146 Å². The molecule has 0 bridgehead atoms. The Morgan fingerprint density at radius 1 is 1.28 bits per heavy atom.